The molecular formula is C17H17ClN2O4S. The van der Waals surface area contributed by atoms with E-state index in [1.807, 2.05) is 6.07 Å². The summed E-state index contributed by atoms with van der Waals surface area (Å²) in [5, 5.41) is 0.468. The maximum atomic E-state index is 12.5. The van der Waals surface area contributed by atoms with Gasteiger partial charge >= 0.3 is 6.09 Å². The van der Waals surface area contributed by atoms with Crippen molar-refractivity contribution in [2.45, 2.75) is 17.9 Å². The van der Waals surface area contributed by atoms with Crippen LogP contribution in [-0.2, 0) is 27.7 Å². The second kappa shape index (κ2) is 6.93. The summed E-state index contributed by atoms with van der Waals surface area (Å²) in [5.74, 6) is 0. The number of carbonyl (C=O) groups is 1. The highest BCUT2D eigenvalue weighted by atomic mass is 35.5. The normalized spacial score (nSPS) is 13.9. The first-order chi connectivity index (χ1) is 11.9. The lowest BCUT2D eigenvalue weighted by molar-refractivity contribution is 0.118. The zero-order valence-corrected chi connectivity index (χ0v) is 15.1. The molecule has 0 bridgehead atoms. The van der Waals surface area contributed by atoms with Gasteiger partial charge in [-0.05, 0) is 53.9 Å². The van der Waals surface area contributed by atoms with Crippen LogP contribution in [-0.4, -0.2) is 33.1 Å². The summed E-state index contributed by atoms with van der Waals surface area (Å²) in [7, 11) is -2.36. The molecule has 0 saturated heterocycles. The van der Waals surface area contributed by atoms with Crippen LogP contribution >= 0.6 is 11.6 Å². The van der Waals surface area contributed by atoms with Crippen LogP contribution < -0.4 is 4.72 Å². The Balaban J connectivity index is 1.82. The van der Waals surface area contributed by atoms with Gasteiger partial charge in [-0.1, -0.05) is 17.7 Å². The molecule has 2 aromatic rings. The highest BCUT2D eigenvalue weighted by molar-refractivity contribution is 7.92. The van der Waals surface area contributed by atoms with Gasteiger partial charge in [-0.2, -0.15) is 0 Å². The highest BCUT2D eigenvalue weighted by Crippen LogP contribution is 2.25. The molecule has 0 atom stereocenters. The molecule has 2 aromatic carbocycles. The average molecular weight is 381 g/mol. The van der Waals surface area contributed by atoms with Crippen molar-refractivity contribution in [3.63, 3.8) is 0 Å². The van der Waals surface area contributed by atoms with Crippen LogP contribution in [0, 0.1) is 0 Å². The van der Waals surface area contributed by atoms with E-state index in [1.54, 1.807) is 17.0 Å². The number of benzene rings is 2. The highest BCUT2D eigenvalue weighted by Gasteiger charge is 2.22. The molecular weight excluding hydrogens is 364 g/mol. The number of amides is 1. The minimum atomic E-state index is -3.71. The maximum Gasteiger partial charge on any atom is 0.409 e. The molecule has 0 aromatic heterocycles. The SMILES string of the molecule is COC(=O)N1CCc2ccc(NS(=O)(=O)c3ccc(Cl)cc3)cc2C1. The fraction of sp³-hybridized carbons (Fsp3) is 0.235. The van der Waals surface area contributed by atoms with E-state index in [-0.39, 0.29) is 4.90 Å². The summed E-state index contributed by atoms with van der Waals surface area (Å²) in [6, 6.07) is 11.3. The van der Waals surface area contributed by atoms with Gasteiger partial charge in [0.2, 0.25) is 0 Å². The number of anilines is 1. The van der Waals surface area contributed by atoms with E-state index in [0.717, 1.165) is 11.1 Å². The summed E-state index contributed by atoms with van der Waals surface area (Å²) in [5.41, 5.74) is 2.43. The van der Waals surface area contributed by atoms with Crippen LogP contribution in [0.4, 0.5) is 10.5 Å². The standard InChI is InChI=1S/C17H17ClN2O4S/c1-24-17(21)20-9-8-12-2-5-15(10-13(12)11-20)19-25(22,23)16-6-3-14(18)4-7-16/h2-7,10,19H,8-9,11H2,1H3. The molecule has 0 fully saturated rings. The Bertz CT molecular complexity index is 897. The fourth-order valence-electron chi connectivity index (χ4n) is 2.73. The Kier molecular flexibility index (Phi) is 4.87. The van der Waals surface area contributed by atoms with Gasteiger partial charge in [-0.3, -0.25) is 4.72 Å². The van der Waals surface area contributed by atoms with Crippen molar-refractivity contribution in [1.29, 1.82) is 0 Å². The zero-order chi connectivity index (χ0) is 18.0. The molecule has 0 unspecified atom stereocenters. The van der Waals surface area contributed by atoms with Crippen LogP contribution in [0.1, 0.15) is 11.1 Å². The molecule has 8 heteroatoms. The van der Waals surface area contributed by atoms with E-state index in [0.29, 0.717) is 30.2 Å². The van der Waals surface area contributed by atoms with Crippen LogP contribution in [0.25, 0.3) is 0 Å². The van der Waals surface area contributed by atoms with E-state index in [2.05, 4.69) is 4.72 Å². The van der Waals surface area contributed by atoms with Crippen molar-refractivity contribution >= 4 is 33.4 Å². The van der Waals surface area contributed by atoms with Crippen molar-refractivity contribution < 1.29 is 17.9 Å². The van der Waals surface area contributed by atoms with Gasteiger partial charge in [0.15, 0.2) is 0 Å². The number of methoxy groups -OCH3 is 1. The minimum absolute atomic E-state index is 0.130. The summed E-state index contributed by atoms with van der Waals surface area (Å²) < 4.78 is 32.2. The van der Waals surface area contributed by atoms with Crippen molar-refractivity contribution in [2.75, 3.05) is 18.4 Å². The lowest BCUT2D eigenvalue weighted by atomic mass is 9.99. The minimum Gasteiger partial charge on any atom is -0.453 e. The smallest absolute Gasteiger partial charge is 0.409 e. The molecule has 1 amide bonds. The van der Waals surface area contributed by atoms with Gasteiger partial charge in [-0.15, -0.1) is 0 Å². The number of hydrogen-bond acceptors (Lipinski definition) is 4. The quantitative estimate of drug-likeness (QED) is 0.886. The fourth-order valence-corrected chi connectivity index (χ4v) is 3.91. The second-order valence-corrected chi connectivity index (χ2v) is 7.80. The zero-order valence-electron chi connectivity index (χ0n) is 13.5. The third-order valence-corrected chi connectivity index (χ3v) is 5.68. The number of rotatable bonds is 3. The predicted molar refractivity (Wildman–Crippen MR) is 95.2 cm³/mol. The van der Waals surface area contributed by atoms with Crippen LogP contribution in [0.15, 0.2) is 47.4 Å². The summed E-state index contributed by atoms with van der Waals surface area (Å²) in [4.78, 5) is 13.4. The van der Waals surface area contributed by atoms with Crippen molar-refractivity contribution in [1.82, 2.24) is 4.90 Å². The van der Waals surface area contributed by atoms with Gasteiger partial charge in [-0.25, -0.2) is 13.2 Å². The molecule has 0 aliphatic carbocycles. The number of sulfonamides is 1. The van der Waals surface area contributed by atoms with E-state index >= 15 is 0 Å². The molecule has 0 saturated carbocycles. The van der Waals surface area contributed by atoms with E-state index in [9.17, 15) is 13.2 Å². The topological polar surface area (TPSA) is 75.7 Å². The average Bonchev–Trinajstić information content (AvgIpc) is 2.60. The van der Waals surface area contributed by atoms with Crippen molar-refractivity contribution in [3.05, 3.63) is 58.6 Å². The molecule has 1 aliphatic rings. The Morgan fingerprint density at radius 3 is 2.56 bits per heavy atom. The molecule has 0 radical (unpaired) electrons. The molecule has 3 rings (SSSR count). The molecule has 1 aliphatic heterocycles. The third-order valence-electron chi connectivity index (χ3n) is 4.03. The summed E-state index contributed by atoms with van der Waals surface area (Å²) >= 11 is 5.79. The number of nitrogens with one attached hydrogen (secondary N) is 1. The van der Waals surface area contributed by atoms with Crippen molar-refractivity contribution in [2.24, 2.45) is 0 Å². The molecule has 132 valence electrons. The number of nitrogens with zero attached hydrogens (tertiary/aromatic N) is 1. The Hall–Kier alpha value is -2.25. The van der Waals surface area contributed by atoms with Gasteiger partial charge < -0.3 is 9.64 Å². The largest absolute Gasteiger partial charge is 0.453 e. The first-order valence-electron chi connectivity index (χ1n) is 7.62. The Labute approximate surface area is 151 Å². The van der Waals surface area contributed by atoms with Crippen molar-refractivity contribution in [3.8, 4) is 0 Å². The number of hydrogen-bond donors (Lipinski definition) is 1. The van der Waals surface area contributed by atoms with Crippen LogP contribution in [0.5, 0.6) is 0 Å². The monoisotopic (exact) mass is 380 g/mol. The van der Waals surface area contributed by atoms with Crippen LogP contribution in [0.3, 0.4) is 0 Å². The second-order valence-electron chi connectivity index (χ2n) is 5.68. The maximum absolute atomic E-state index is 12.5. The number of halogens is 1. The Morgan fingerprint density at radius 2 is 1.88 bits per heavy atom. The molecule has 1 N–H and O–H groups in total. The summed E-state index contributed by atoms with van der Waals surface area (Å²) in [6.07, 6.45) is 0.312. The summed E-state index contributed by atoms with van der Waals surface area (Å²) in [6.45, 7) is 0.966. The molecule has 25 heavy (non-hydrogen) atoms. The first-order valence-corrected chi connectivity index (χ1v) is 9.48. The van der Waals surface area contributed by atoms with Gasteiger partial charge in [0, 0.05) is 23.8 Å². The first kappa shape index (κ1) is 17.6. The van der Waals surface area contributed by atoms with E-state index in [1.165, 1.54) is 31.4 Å². The van der Waals surface area contributed by atoms with E-state index in [4.69, 9.17) is 16.3 Å². The molecule has 0 spiro atoms. The molecule has 1 heterocycles. The predicted octanol–water partition coefficient (Wildman–Crippen LogP) is 3.27. The third kappa shape index (κ3) is 3.88. The molecule has 6 nitrogen and oxygen atoms in total. The van der Waals surface area contributed by atoms with E-state index < -0.39 is 16.1 Å². The van der Waals surface area contributed by atoms with Crippen LogP contribution in [0.2, 0.25) is 5.02 Å². The lowest BCUT2D eigenvalue weighted by Gasteiger charge is -2.28. The number of carbonyl (C=O) groups excluding carboxylic acids is 1. The van der Waals surface area contributed by atoms with Gasteiger partial charge in [0.05, 0.1) is 12.0 Å². The van der Waals surface area contributed by atoms with Gasteiger partial charge in [0.1, 0.15) is 0 Å². The lowest BCUT2D eigenvalue weighted by Crippen LogP contribution is -2.35. The van der Waals surface area contributed by atoms with Gasteiger partial charge in [0.25, 0.3) is 10.0 Å². The number of ether oxygens (including phenoxy) is 1. The Morgan fingerprint density at radius 1 is 1.16 bits per heavy atom. The number of fused-ring (bicyclic) bond motifs is 1.